The summed E-state index contributed by atoms with van der Waals surface area (Å²) in [4.78, 5) is 12.7. The number of sulfonamides is 1. The van der Waals surface area contributed by atoms with Crippen LogP contribution in [0.1, 0.15) is 44.7 Å². The molecule has 1 aliphatic heterocycles. The number of carbonyl (C=O) groups excluding carboxylic acids is 1. The minimum atomic E-state index is -3.62. The summed E-state index contributed by atoms with van der Waals surface area (Å²) in [6, 6.07) is 12.7. The van der Waals surface area contributed by atoms with E-state index in [4.69, 9.17) is 27.9 Å². The number of nitrogens with zero attached hydrogens (tertiary/aromatic N) is 1. The minimum Gasteiger partial charge on any atom is -0.491 e. The number of piperidine rings is 1. The van der Waals surface area contributed by atoms with Gasteiger partial charge in [0.15, 0.2) is 0 Å². The van der Waals surface area contributed by atoms with Crippen LogP contribution in [0.5, 0.6) is 5.75 Å². The average Bonchev–Trinajstić information content (AvgIpc) is 2.78. The summed E-state index contributed by atoms with van der Waals surface area (Å²) in [7, 11) is -3.62. The number of halogens is 2. The summed E-state index contributed by atoms with van der Waals surface area (Å²) < 4.78 is 33.3. The Morgan fingerprint density at radius 2 is 1.91 bits per heavy atom. The van der Waals surface area contributed by atoms with Crippen molar-refractivity contribution in [3.63, 3.8) is 0 Å². The number of benzene rings is 2. The zero-order valence-corrected chi connectivity index (χ0v) is 22.1. The highest BCUT2D eigenvalue weighted by Gasteiger charge is 2.32. The third kappa shape index (κ3) is 7.11. The van der Waals surface area contributed by atoms with Gasteiger partial charge in [-0.2, -0.15) is 0 Å². The molecule has 9 heteroatoms. The normalized spacial score (nSPS) is 17.4. The van der Waals surface area contributed by atoms with Gasteiger partial charge in [-0.3, -0.25) is 4.79 Å². The Labute approximate surface area is 212 Å². The standard InChI is InChI=1S/C25H32Cl2N2O4S/c1-25(2,3)21-8-4-5-9-23(21)33-14-12-28-24(30)18-7-6-13-29(16-18)34(31,32)17-19-10-11-20(26)15-22(19)27/h4-5,8-11,15,18H,6-7,12-14,16-17H2,1-3H3,(H,28,30)/t18-/m1/s1. The first-order valence-corrected chi connectivity index (χ1v) is 13.8. The molecule has 3 rings (SSSR count). The van der Waals surface area contributed by atoms with Crippen LogP contribution in [0.25, 0.3) is 0 Å². The molecule has 2 aromatic carbocycles. The van der Waals surface area contributed by atoms with Gasteiger partial charge >= 0.3 is 0 Å². The van der Waals surface area contributed by atoms with Crippen LogP contribution in [-0.4, -0.2) is 44.9 Å². The molecular weight excluding hydrogens is 495 g/mol. The van der Waals surface area contributed by atoms with Gasteiger partial charge in [0.25, 0.3) is 0 Å². The summed E-state index contributed by atoms with van der Waals surface area (Å²) >= 11 is 12.1. The highest BCUT2D eigenvalue weighted by Crippen LogP contribution is 2.31. The molecule has 0 bridgehead atoms. The molecule has 1 fully saturated rings. The molecule has 34 heavy (non-hydrogen) atoms. The van der Waals surface area contributed by atoms with Crippen molar-refractivity contribution >= 4 is 39.1 Å². The molecule has 0 saturated carbocycles. The van der Waals surface area contributed by atoms with Crippen molar-refractivity contribution in [2.45, 2.75) is 44.8 Å². The molecule has 0 aromatic heterocycles. The van der Waals surface area contributed by atoms with E-state index in [0.29, 0.717) is 48.1 Å². The van der Waals surface area contributed by atoms with E-state index in [1.807, 2.05) is 24.3 Å². The number of hydrogen-bond acceptors (Lipinski definition) is 4. The van der Waals surface area contributed by atoms with Gasteiger partial charge in [0, 0.05) is 23.1 Å². The maximum Gasteiger partial charge on any atom is 0.224 e. The van der Waals surface area contributed by atoms with Crippen molar-refractivity contribution in [2.24, 2.45) is 5.92 Å². The third-order valence-corrected chi connectivity index (χ3v) is 8.24. The van der Waals surface area contributed by atoms with Gasteiger partial charge in [-0.05, 0) is 47.6 Å². The topological polar surface area (TPSA) is 75.7 Å². The Bertz CT molecular complexity index is 1120. The molecule has 0 spiro atoms. The molecule has 186 valence electrons. The smallest absolute Gasteiger partial charge is 0.224 e. The average molecular weight is 528 g/mol. The maximum absolute atomic E-state index is 13.0. The number of rotatable bonds is 8. The Hall–Kier alpha value is -1.80. The molecule has 0 aliphatic carbocycles. The van der Waals surface area contributed by atoms with E-state index in [9.17, 15) is 13.2 Å². The van der Waals surface area contributed by atoms with Gasteiger partial charge in [-0.25, -0.2) is 12.7 Å². The number of amides is 1. The lowest BCUT2D eigenvalue weighted by Crippen LogP contribution is -2.46. The maximum atomic E-state index is 13.0. The first-order chi connectivity index (χ1) is 16.0. The van der Waals surface area contributed by atoms with Crippen LogP contribution in [0.15, 0.2) is 42.5 Å². The van der Waals surface area contributed by atoms with Gasteiger partial charge in [0.05, 0.1) is 18.2 Å². The molecule has 1 aliphatic rings. The lowest BCUT2D eigenvalue weighted by Gasteiger charge is -2.31. The highest BCUT2D eigenvalue weighted by molar-refractivity contribution is 7.88. The first-order valence-electron chi connectivity index (χ1n) is 11.4. The number of carbonyl (C=O) groups is 1. The van der Waals surface area contributed by atoms with Crippen LogP contribution in [0, 0.1) is 5.92 Å². The fourth-order valence-electron chi connectivity index (χ4n) is 4.03. The summed E-state index contributed by atoms with van der Waals surface area (Å²) in [5.41, 5.74) is 1.55. The molecule has 0 unspecified atom stereocenters. The van der Waals surface area contributed by atoms with Crippen LogP contribution in [-0.2, 0) is 26.0 Å². The molecule has 1 heterocycles. The SMILES string of the molecule is CC(C)(C)c1ccccc1OCCNC(=O)[C@@H]1CCCN(S(=O)(=O)Cc2ccc(Cl)cc2Cl)C1. The van der Waals surface area contributed by atoms with Crippen molar-refractivity contribution < 1.29 is 17.9 Å². The van der Waals surface area contributed by atoms with Crippen LogP contribution >= 0.6 is 23.2 Å². The summed E-state index contributed by atoms with van der Waals surface area (Å²) in [5, 5.41) is 3.66. The molecule has 6 nitrogen and oxygen atoms in total. The minimum absolute atomic E-state index is 0.0485. The molecular formula is C25H32Cl2N2O4S. The number of nitrogens with one attached hydrogen (secondary N) is 1. The quantitative estimate of drug-likeness (QED) is 0.489. The monoisotopic (exact) mass is 526 g/mol. The number of ether oxygens (including phenoxy) is 1. The molecule has 1 amide bonds. The second-order valence-corrected chi connectivity index (χ2v) is 12.4. The van der Waals surface area contributed by atoms with E-state index in [2.05, 4.69) is 26.1 Å². The van der Waals surface area contributed by atoms with Crippen LogP contribution in [0.2, 0.25) is 10.0 Å². The van der Waals surface area contributed by atoms with Gasteiger partial charge in [-0.15, -0.1) is 0 Å². The highest BCUT2D eigenvalue weighted by atomic mass is 35.5. The van der Waals surface area contributed by atoms with E-state index in [1.165, 1.54) is 10.4 Å². The predicted molar refractivity (Wildman–Crippen MR) is 137 cm³/mol. The van der Waals surface area contributed by atoms with Gasteiger partial charge in [-0.1, -0.05) is 68.2 Å². The zero-order chi connectivity index (χ0) is 24.9. The van der Waals surface area contributed by atoms with Gasteiger partial charge in [0.2, 0.25) is 15.9 Å². The van der Waals surface area contributed by atoms with E-state index in [0.717, 1.165) is 11.3 Å². The number of hydrogen-bond donors (Lipinski definition) is 1. The van der Waals surface area contributed by atoms with Crippen molar-refractivity contribution in [1.82, 2.24) is 9.62 Å². The van der Waals surface area contributed by atoms with Crippen molar-refractivity contribution in [3.05, 3.63) is 63.6 Å². The molecule has 1 N–H and O–H groups in total. The Balaban J connectivity index is 1.52. The summed E-state index contributed by atoms with van der Waals surface area (Å²) in [6.07, 6.45) is 1.27. The van der Waals surface area contributed by atoms with E-state index in [1.54, 1.807) is 12.1 Å². The van der Waals surface area contributed by atoms with Crippen LogP contribution < -0.4 is 10.1 Å². The summed E-state index contributed by atoms with van der Waals surface area (Å²) in [6.45, 7) is 7.61. The fourth-order valence-corrected chi connectivity index (χ4v) is 6.22. The first kappa shape index (κ1) is 26.8. The second kappa shape index (κ2) is 11.3. The Morgan fingerprint density at radius 3 is 2.62 bits per heavy atom. The van der Waals surface area contributed by atoms with Gasteiger partial charge < -0.3 is 10.1 Å². The molecule has 0 radical (unpaired) electrons. The fraction of sp³-hybridized carbons (Fsp3) is 0.480. The lowest BCUT2D eigenvalue weighted by molar-refractivity contribution is -0.126. The zero-order valence-electron chi connectivity index (χ0n) is 19.8. The molecule has 2 aromatic rings. The molecule has 1 saturated heterocycles. The van der Waals surface area contributed by atoms with Crippen LogP contribution in [0.3, 0.4) is 0 Å². The Morgan fingerprint density at radius 1 is 1.18 bits per heavy atom. The van der Waals surface area contributed by atoms with Gasteiger partial charge in [0.1, 0.15) is 12.4 Å². The third-order valence-electron chi connectivity index (χ3n) is 5.86. The Kier molecular flexibility index (Phi) is 8.90. The van der Waals surface area contributed by atoms with Crippen molar-refractivity contribution in [2.75, 3.05) is 26.2 Å². The molecule has 1 atom stereocenters. The van der Waals surface area contributed by atoms with E-state index in [-0.39, 0.29) is 23.6 Å². The predicted octanol–water partition coefficient (Wildman–Crippen LogP) is 5.03. The van der Waals surface area contributed by atoms with E-state index >= 15 is 0 Å². The summed E-state index contributed by atoms with van der Waals surface area (Å²) in [5.74, 6) is 0.0292. The number of para-hydroxylation sites is 1. The van der Waals surface area contributed by atoms with E-state index < -0.39 is 15.9 Å². The van der Waals surface area contributed by atoms with Crippen molar-refractivity contribution in [1.29, 1.82) is 0 Å². The van der Waals surface area contributed by atoms with Crippen LogP contribution in [0.4, 0.5) is 0 Å². The lowest BCUT2D eigenvalue weighted by atomic mass is 9.86. The largest absolute Gasteiger partial charge is 0.491 e. The van der Waals surface area contributed by atoms with Crippen molar-refractivity contribution in [3.8, 4) is 5.75 Å². The second-order valence-electron chi connectivity index (χ2n) is 9.57.